The summed E-state index contributed by atoms with van der Waals surface area (Å²) in [5.41, 5.74) is 3.57. The lowest BCUT2D eigenvalue weighted by atomic mass is 10.1. The summed E-state index contributed by atoms with van der Waals surface area (Å²) in [6.07, 6.45) is 1.74. The number of amides is 1. The third kappa shape index (κ3) is 3.76. The molecule has 148 valence electrons. The van der Waals surface area contributed by atoms with Gasteiger partial charge in [0.05, 0.1) is 28.3 Å². The molecule has 4 aromatic rings. The number of hydrogen-bond acceptors (Lipinski definition) is 4. The average Bonchev–Trinajstić information content (AvgIpc) is 3.03. The molecular formula is C22H23N5O2. The number of carbonyl (C=O) groups is 1. The molecule has 1 amide bonds. The highest BCUT2D eigenvalue weighted by molar-refractivity contribution is 5.80. The van der Waals surface area contributed by atoms with Gasteiger partial charge in [-0.2, -0.15) is 0 Å². The lowest BCUT2D eigenvalue weighted by molar-refractivity contribution is -0.121. The summed E-state index contributed by atoms with van der Waals surface area (Å²) in [7, 11) is 0. The van der Waals surface area contributed by atoms with Gasteiger partial charge in [-0.05, 0) is 37.6 Å². The summed E-state index contributed by atoms with van der Waals surface area (Å²) in [6.45, 7) is 5.34. The van der Waals surface area contributed by atoms with Crippen molar-refractivity contribution in [1.29, 1.82) is 0 Å². The maximum atomic E-state index is 12.6. The summed E-state index contributed by atoms with van der Waals surface area (Å²) >= 11 is 0. The molecule has 7 nitrogen and oxygen atoms in total. The lowest BCUT2D eigenvalue weighted by Crippen LogP contribution is -2.30. The second-order valence-corrected chi connectivity index (χ2v) is 7.11. The smallest absolute Gasteiger partial charge is 0.261 e. The van der Waals surface area contributed by atoms with Gasteiger partial charge in [0.1, 0.15) is 5.82 Å². The Morgan fingerprint density at radius 3 is 2.76 bits per heavy atom. The van der Waals surface area contributed by atoms with E-state index in [0.717, 1.165) is 22.4 Å². The second kappa shape index (κ2) is 7.87. The zero-order chi connectivity index (χ0) is 20.4. The van der Waals surface area contributed by atoms with E-state index < -0.39 is 0 Å². The Kier molecular flexibility index (Phi) is 5.12. The molecule has 29 heavy (non-hydrogen) atoms. The molecule has 2 aromatic carbocycles. The van der Waals surface area contributed by atoms with E-state index in [1.807, 2.05) is 50.2 Å². The van der Waals surface area contributed by atoms with Gasteiger partial charge < -0.3 is 9.88 Å². The molecule has 0 saturated heterocycles. The molecule has 7 heteroatoms. The van der Waals surface area contributed by atoms with Gasteiger partial charge in [-0.25, -0.2) is 9.97 Å². The van der Waals surface area contributed by atoms with Gasteiger partial charge in [-0.1, -0.05) is 24.3 Å². The standard InChI is InChI=1S/C22H23N5O2/c1-15-6-5-7-17-21(15)24-14-26(22(17)29)12-10-20(28)23-11-13-27-16(2)25-18-8-3-4-9-19(18)27/h3-9,14H,10-13H2,1-2H3,(H,23,28). The molecule has 4 rings (SSSR count). The Labute approximate surface area is 168 Å². The highest BCUT2D eigenvalue weighted by atomic mass is 16.1. The average molecular weight is 389 g/mol. The number of nitrogens with zero attached hydrogens (tertiary/aromatic N) is 4. The van der Waals surface area contributed by atoms with Crippen molar-refractivity contribution < 1.29 is 4.79 Å². The van der Waals surface area contributed by atoms with Crippen molar-refractivity contribution in [3.63, 3.8) is 0 Å². The van der Waals surface area contributed by atoms with E-state index in [4.69, 9.17) is 0 Å². The Balaban J connectivity index is 1.36. The number of para-hydroxylation sites is 3. The molecule has 2 heterocycles. The summed E-state index contributed by atoms with van der Waals surface area (Å²) in [4.78, 5) is 33.8. The number of benzene rings is 2. The predicted octanol–water partition coefficient (Wildman–Crippen LogP) is 2.57. The first-order valence-corrected chi connectivity index (χ1v) is 9.68. The molecule has 2 aromatic heterocycles. The third-order valence-electron chi connectivity index (χ3n) is 5.14. The van der Waals surface area contributed by atoms with Crippen LogP contribution in [0.25, 0.3) is 21.9 Å². The molecule has 1 N–H and O–H groups in total. The summed E-state index contributed by atoms with van der Waals surface area (Å²) in [5, 5.41) is 3.50. The summed E-state index contributed by atoms with van der Waals surface area (Å²) in [6, 6.07) is 13.5. The van der Waals surface area contributed by atoms with Gasteiger partial charge in [0.15, 0.2) is 0 Å². The Hall–Kier alpha value is -3.48. The van der Waals surface area contributed by atoms with Gasteiger partial charge >= 0.3 is 0 Å². The van der Waals surface area contributed by atoms with Crippen molar-refractivity contribution in [2.75, 3.05) is 6.54 Å². The van der Waals surface area contributed by atoms with Crippen LogP contribution in [0.4, 0.5) is 0 Å². The molecule has 0 unspecified atom stereocenters. The molecule has 0 bridgehead atoms. The minimum absolute atomic E-state index is 0.0942. The Morgan fingerprint density at radius 1 is 1.07 bits per heavy atom. The molecule has 0 fully saturated rings. The van der Waals surface area contributed by atoms with Crippen molar-refractivity contribution in [3.05, 3.63) is 70.5 Å². The van der Waals surface area contributed by atoms with Crippen LogP contribution in [0.1, 0.15) is 17.8 Å². The first-order valence-electron chi connectivity index (χ1n) is 9.68. The van der Waals surface area contributed by atoms with Crippen molar-refractivity contribution in [2.24, 2.45) is 0 Å². The number of hydrogen-bond donors (Lipinski definition) is 1. The molecular weight excluding hydrogens is 366 g/mol. The van der Waals surface area contributed by atoms with Crippen molar-refractivity contribution in [3.8, 4) is 0 Å². The molecule has 0 aliphatic heterocycles. The Bertz CT molecular complexity index is 1260. The van der Waals surface area contributed by atoms with Crippen LogP contribution in [-0.4, -0.2) is 31.6 Å². The SMILES string of the molecule is Cc1cccc2c(=O)n(CCC(=O)NCCn3c(C)nc4ccccc43)cnc12. The van der Waals surface area contributed by atoms with Gasteiger partial charge in [-0.3, -0.25) is 14.2 Å². The van der Waals surface area contributed by atoms with Gasteiger partial charge in [-0.15, -0.1) is 0 Å². The zero-order valence-corrected chi connectivity index (χ0v) is 16.6. The van der Waals surface area contributed by atoms with Crippen molar-refractivity contribution >= 4 is 27.8 Å². The third-order valence-corrected chi connectivity index (χ3v) is 5.14. The predicted molar refractivity (Wildman–Crippen MR) is 113 cm³/mol. The quantitative estimate of drug-likeness (QED) is 0.549. The largest absolute Gasteiger partial charge is 0.354 e. The van der Waals surface area contributed by atoms with Crippen LogP contribution in [0.3, 0.4) is 0 Å². The van der Waals surface area contributed by atoms with Crippen LogP contribution in [0.2, 0.25) is 0 Å². The van der Waals surface area contributed by atoms with E-state index in [0.29, 0.717) is 30.5 Å². The highest BCUT2D eigenvalue weighted by Gasteiger charge is 2.09. The number of aromatic nitrogens is 4. The van der Waals surface area contributed by atoms with Gasteiger partial charge in [0, 0.05) is 26.1 Å². The number of aryl methyl sites for hydroxylation is 3. The molecule has 0 aliphatic carbocycles. The van der Waals surface area contributed by atoms with Crippen molar-refractivity contribution in [1.82, 2.24) is 24.4 Å². The topological polar surface area (TPSA) is 81.8 Å². The monoisotopic (exact) mass is 389 g/mol. The van der Waals surface area contributed by atoms with Gasteiger partial charge in [0.2, 0.25) is 5.91 Å². The molecule has 0 radical (unpaired) electrons. The number of imidazole rings is 1. The number of nitrogens with one attached hydrogen (secondary N) is 1. The summed E-state index contributed by atoms with van der Waals surface area (Å²) in [5.74, 6) is 0.827. The summed E-state index contributed by atoms with van der Waals surface area (Å²) < 4.78 is 3.59. The number of rotatable bonds is 6. The lowest BCUT2D eigenvalue weighted by Gasteiger charge is -2.10. The van der Waals surface area contributed by atoms with E-state index in [9.17, 15) is 9.59 Å². The minimum atomic E-state index is -0.119. The van der Waals surface area contributed by atoms with Crippen molar-refractivity contribution in [2.45, 2.75) is 33.4 Å². The van der Waals surface area contributed by atoms with Crippen LogP contribution in [0, 0.1) is 13.8 Å². The Morgan fingerprint density at radius 2 is 1.90 bits per heavy atom. The van der Waals surface area contributed by atoms with Crippen LogP contribution in [-0.2, 0) is 17.9 Å². The van der Waals surface area contributed by atoms with E-state index in [1.54, 1.807) is 6.07 Å². The number of fused-ring (bicyclic) bond motifs is 2. The minimum Gasteiger partial charge on any atom is -0.354 e. The molecule has 0 aliphatic rings. The van der Waals surface area contributed by atoms with Crippen LogP contribution in [0.15, 0.2) is 53.6 Å². The van der Waals surface area contributed by atoms with Crippen LogP contribution in [0.5, 0.6) is 0 Å². The normalized spacial score (nSPS) is 11.2. The van der Waals surface area contributed by atoms with Crippen LogP contribution < -0.4 is 10.9 Å². The van der Waals surface area contributed by atoms with Gasteiger partial charge in [0.25, 0.3) is 5.56 Å². The first kappa shape index (κ1) is 18.9. The molecule has 0 saturated carbocycles. The fourth-order valence-corrected chi connectivity index (χ4v) is 3.59. The van der Waals surface area contributed by atoms with E-state index in [1.165, 1.54) is 10.9 Å². The maximum Gasteiger partial charge on any atom is 0.261 e. The van der Waals surface area contributed by atoms with E-state index in [-0.39, 0.29) is 17.9 Å². The maximum absolute atomic E-state index is 12.6. The highest BCUT2D eigenvalue weighted by Crippen LogP contribution is 2.15. The molecule has 0 atom stereocenters. The molecule has 0 spiro atoms. The van der Waals surface area contributed by atoms with E-state index >= 15 is 0 Å². The number of carbonyl (C=O) groups excluding carboxylic acids is 1. The first-order chi connectivity index (χ1) is 14.0. The van der Waals surface area contributed by atoms with Crippen LogP contribution >= 0.6 is 0 Å². The van der Waals surface area contributed by atoms with E-state index in [2.05, 4.69) is 19.9 Å². The second-order valence-electron chi connectivity index (χ2n) is 7.11. The fraction of sp³-hybridized carbons (Fsp3) is 0.273. The fourth-order valence-electron chi connectivity index (χ4n) is 3.59. The zero-order valence-electron chi connectivity index (χ0n) is 16.6.